The van der Waals surface area contributed by atoms with E-state index in [-0.39, 0.29) is 0 Å². The fourth-order valence-electron chi connectivity index (χ4n) is 3.29. The van der Waals surface area contributed by atoms with Crippen LogP contribution in [0.1, 0.15) is 29.7 Å². The highest BCUT2D eigenvalue weighted by Gasteiger charge is 2.26. The van der Waals surface area contributed by atoms with E-state index in [4.69, 9.17) is 4.42 Å². The first-order chi connectivity index (χ1) is 11.7. The first kappa shape index (κ1) is 15.0. The summed E-state index contributed by atoms with van der Waals surface area (Å²) >= 11 is 0. The predicted octanol–water partition coefficient (Wildman–Crippen LogP) is 2.39. The van der Waals surface area contributed by atoms with Gasteiger partial charge in [-0.15, -0.1) is 10.2 Å². The lowest BCUT2D eigenvalue weighted by atomic mass is 10.2. The SMILES string of the molecule is Cc1cc(C)n([C@@H]2CCN(Cc3nnc(-c4cccnc4)o3)C2)n1. The summed E-state index contributed by atoms with van der Waals surface area (Å²) in [6, 6.07) is 6.32. The smallest absolute Gasteiger partial charge is 0.249 e. The van der Waals surface area contributed by atoms with E-state index in [0.29, 0.717) is 24.4 Å². The van der Waals surface area contributed by atoms with Gasteiger partial charge in [-0.1, -0.05) is 0 Å². The highest BCUT2D eigenvalue weighted by molar-refractivity contribution is 5.49. The van der Waals surface area contributed by atoms with Gasteiger partial charge in [0.15, 0.2) is 0 Å². The minimum atomic E-state index is 0.416. The van der Waals surface area contributed by atoms with Crippen LogP contribution >= 0.6 is 0 Å². The van der Waals surface area contributed by atoms with Crippen LogP contribution in [0.5, 0.6) is 0 Å². The molecule has 1 aliphatic heterocycles. The highest BCUT2D eigenvalue weighted by Crippen LogP contribution is 2.25. The van der Waals surface area contributed by atoms with Crippen molar-refractivity contribution in [3.63, 3.8) is 0 Å². The Balaban J connectivity index is 1.42. The number of hydrogen-bond donors (Lipinski definition) is 0. The van der Waals surface area contributed by atoms with Crippen LogP contribution in [0.3, 0.4) is 0 Å². The number of rotatable bonds is 4. The topological polar surface area (TPSA) is 72.9 Å². The number of hydrogen-bond acceptors (Lipinski definition) is 6. The third-order valence-electron chi connectivity index (χ3n) is 4.37. The van der Waals surface area contributed by atoms with Crippen molar-refractivity contribution in [1.29, 1.82) is 0 Å². The zero-order chi connectivity index (χ0) is 16.5. The molecular weight excluding hydrogens is 304 g/mol. The Morgan fingerprint density at radius 1 is 1.29 bits per heavy atom. The molecule has 7 heteroatoms. The summed E-state index contributed by atoms with van der Waals surface area (Å²) in [6.07, 6.45) is 4.54. The van der Waals surface area contributed by atoms with E-state index >= 15 is 0 Å². The lowest BCUT2D eigenvalue weighted by Crippen LogP contribution is -2.22. The van der Waals surface area contributed by atoms with Gasteiger partial charge in [-0.3, -0.25) is 14.6 Å². The van der Waals surface area contributed by atoms with E-state index in [2.05, 4.69) is 42.9 Å². The van der Waals surface area contributed by atoms with E-state index in [1.807, 2.05) is 19.1 Å². The van der Waals surface area contributed by atoms with Gasteiger partial charge < -0.3 is 4.42 Å². The van der Waals surface area contributed by atoms with Crippen molar-refractivity contribution in [1.82, 2.24) is 29.9 Å². The van der Waals surface area contributed by atoms with Crippen molar-refractivity contribution in [3.05, 3.63) is 47.9 Å². The van der Waals surface area contributed by atoms with Crippen molar-refractivity contribution in [3.8, 4) is 11.5 Å². The molecule has 1 fully saturated rings. The molecule has 7 nitrogen and oxygen atoms in total. The molecule has 0 N–H and O–H groups in total. The summed E-state index contributed by atoms with van der Waals surface area (Å²) in [5, 5.41) is 12.9. The van der Waals surface area contributed by atoms with E-state index in [9.17, 15) is 0 Å². The summed E-state index contributed by atoms with van der Waals surface area (Å²) in [5.41, 5.74) is 3.14. The number of pyridine rings is 1. The molecular formula is C17H20N6O. The molecule has 1 aliphatic rings. The van der Waals surface area contributed by atoms with Crippen molar-refractivity contribution >= 4 is 0 Å². The van der Waals surface area contributed by atoms with Crippen LogP contribution in [0.4, 0.5) is 0 Å². The maximum Gasteiger partial charge on any atom is 0.249 e. The van der Waals surface area contributed by atoms with Crippen molar-refractivity contribution < 1.29 is 4.42 Å². The van der Waals surface area contributed by atoms with E-state index in [1.165, 1.54) is 5.69 Å². The molecule has 3 aromatic heterocycles. The lowest BCUT2D eigenvalue weighted by Gasteiger charge is -2.15. The zero-order valence-electron chi connectivity index (χ0n) is 13.9. The molecule has 0 aromatic carbocycles. The largest absolute Gasteiger partial charge is 0.419 e. The van der Waals surface area contributed by atoms with Gasteiger partial charge in [-0.2, -0.15) is 5.10 Å². The van der Waals surface area contributed by atoms with Crippen molar-refractivity contribution in [2.24, 2.45) is 0 Å². The first-order valence-corrected chi connectivity index (χ1v) is 8.17. The molecule has 0 saturated carbocycles. The molecule has 24 heavy (non-hydrogen) atoms. The van der Waals surface area contributed by atoms with Gasteiger partial charge in [-0.05, 0) is 38.5 Å². The molecule has 0 radical (unpaired) electrons. The normalized spacial score (nSPS) is 18.3. The van der Waals surface area contributed by atoms with Crippen molar-refractivity contribution in [2.75, 3.05) is 13.1 Å². The summed E-state index contributed by atoms with van der Waals surface area (Å²) in [6.45, 7) is 6.78. The fourth-order valence-corrected chi connectivity index (χ4v) is 3.29. The highest BCUT2D eigenvalue weighted by atomic mass is 16.4. The Morgan fingerprint density at radius 2 is 2.21 bits per heavy atom. The molecule has 0 aliphatic carbocycles. The molecule has 0 unspecified atom stereocenters. The molecule has 0 spiro atoms. The monoisotopic (exact) mass is 324 g/mol. The number of aryl methyl sites for hydroxylation is 2. The van der Waals surface area contributed by atoms with Crippen LogP contribution in [-0.2, 0) is 6.54 Å². The average Bonchev–Trinajstić information content (AvgIpc) is 3.29. The maximum atomic E-state index is 5.77. The van der Waals surface area contributed by atoms with Gasteiger partial charge >= 0.3 is 0 Å². The zero-order valence-corrected chi connectivity index (χ0v) is 13.9. The minimum absolute atomic E-state index is 0.416. The summed E-state index contributed by atoms with van der Waals surface area (Å²) in [4.78, 5) is 6.41. The summed E-state index contributed by atoms with van der Waals surface area (Å²) in [7, 11) is 0. The lowest BCUT2D eigenvalue weighted by molar-refractivity contribution is 0.278. The van der Waals surface area contributed by atoms with Gasteiger partial charge in [0.2, 0.25) is 11.8 Å². The van der Waals surface area contributed by atoms with E-state index in [0.717, 1.165) is 30.8 Å². The van der Waals surface area contributed by atoms with Gasteiger partial charge in [0.25, 0.3) is 0 Å². The summed E-state index contributed by atoms with van der Waals surface area (Å²) < 4.78 is 7.92. The molecule has 0 bridgehead atoms. The van der Waals surface area contributed by atoms with Crippen molar-refractivity contribution in [2.45, 2.75) is 32.9 Å². The molecule has 4 heterocycles. The Bertz CT molecular complexity index is 825. The molecule has 4 rings (SSSR count). The Hall–Kier alpha value is -2.54. The third kappa shape index (κ3) is 2.94. The number of nitrogens with zero attached hydrogens (tertiary/aromatic N) is 6. The number of likely N-dealkylation sites (tertiary alicyclic amines) is 1. The van der Waals surface area contributed by atoms with Gasteiger partial charge in [0.05, 0.1) is 23.8 Å². The van der Waals surface area contributed by atoms with E-state index in [1.54, 1.807) is 12.4 Å². The Kier molecular flexibility index (Phi) is 3.86. The quantitative estimate of drug-likeness (QED) is 0.734. The summed E-state index contributed by atoms with van der Waals surface area (Å²) in [5.74, 6) is 1.16. The second-order valence-electron chi connectivity index (χ2n) is 6.29. The van der Waals surface area contributed by atoms with Crippen LogP contribution < -0.4 is 0 Å². The second-order valence-corrected chi connectivity index (χ2v) is 6.29. The Labute approximate surface area is 140 Å². The van der Waals surface area contributed by atoms with Gasteiger partial charge in [0.1, 0.15) is 0 Å². The molecule has 124 valence electrons. The minimum Gasteiger partial charge on any atom is -0.419 e. The van der Waals surface area contributed by atoms with Crippen LogP contribution in [-0.4, -0.2) is 43.0 Å². The predicted molar refractivity (Wildman–Crippen MR) is 88.2 cm³/mol. The maximum absolute atomic E-state index is 5.77. The molecule has 0 amide bonds. The van der Waals surface area contributed by atoms with Crippen LogP contribution in [0.25, 0.3) is 11.5 Å². The standard InChI is InChI=1S/C17H20N6O/c1-12-8-13(2)23(21-12)15-5-7-22(10-15)11-16-19-20-17(24-16)14-4-3-6-18-9-14/h3-4,6,8-9,15H,5,7,10-11H2,1-2H3/t15-/m1/s1. The van der Waals surface area contributed by atoms with Crippen LogP contribution in [0, 0.1) is 13.8 Å². The Morgan fingerprint density at radius 3 is 2.96 bits per heavy atom. The molecule has 3 aromatic rings. The molecule has 1 atom stereocenters. The molecule has 1 saturated heterocycles. The second kappa shape index (κ2) is 6.16. The van der Waals surface area contributed by atoms with Gasteiger partial charge in [-0.25, -0.2) is 0 Å². The van der Waals surface area contributed by atoms with Gasteiger partial charge in [0, 0.05) is 31.2 Å². The fraction of sp³-hybridized carbons (Fsp3) is 0.412. The number of aromatic nitrogens is 5. The third-order valence-corrected chi connectivity index (χ3v) is 4.37. The van der Waals surface area contributed by atoms with Crippen LogP contribution in [0.2, 0.25) is 0 Å². The average molecular weight is 324 g/mol. The van der Waals surface area contributed by atoms with E-state index < -0.39 is 0 Å². The first-order valence-electron chi connectivity index (χ1n) is 8.17. The van der Waals surface area contributed by atoms with Crippen LogP contribution in [0.15, 0.2) is 35.0 Å².